The maximum Gasteiger partial charge on any atom is 0.0279 e. The topological polar surface area (TPSA) is 29.3 Å². The maximum atomic E-state index is 6.22. The Morgan fingerprint density at radius 1 is 1.06 bits per heavy atom. The van der Waals surface area contributed by atoms with Gasteiger partial charge in [-0.1, -0.05) is 30.3 Å². The minimum Gasteiger partial charge on any atom is -0.326 e. The predicted octanol–water partition coefficient (Wildman–Crippen LogP) is 2.84. The number of fused-ring (bicyclic) bond motifs is 1. The van der Waals surface area contributed by atoms with Crippen LogP contribution >= 0.6 is 24.8 Å². The van der Waals surface area contributed by atoms with Crippen molar-refractivity contribution in [3.8, 4) is 0 Å². The van der Waals surface area contributed by atoms with Crippen molar-refractivity contribution in [2.75, 3.05) is 6.54 Å². The van der Waals surface area contributed by atoms with Gasteiger partial charge in [0.1, 0.15) is 0 Å². The number of hydrogen-bond donors (Lipinski definition) is 1. The average Bonchev–Trinajstić information content (AvgIpc) is 2.86. The Hall–Kier alpha value is -0.280. The summed E-state index contributed by atoms with van der Waals surface area (Å²) in [4.78, 5) is 2.59. The van der Waals surface area contributed by atoms with Crippen molar-refractivity contribution in [3.05, 3.63) is 35.9 Å². The highest BCUT2D eigenvalue weighted by Gasteiger charge is 2.42. The zero-order valence-corrected chi connectivity index (χ0v) is 12.1. The third kappa shape index (κ3) is 3.00. The van der Waals surface area contributed by atoms with Crippen molar-refractivity contribution >= 4 is 24.8 Å². The lowest BCUT2D eigenvalue weighted by Gasteiger charge is -2.27. The van der Waals surface area contributed by atoms with Crippen LogP contribution in [0.5, 0.6) is 0 Å². The zero-order valence-electron chi connectivity index (χ0n) is 10.5. The van der Waals surface area contributed by atoms with Crippen LogP contribution in [-0.2, 0) is 6.54 Å². The minimum absolute atomic E-state index is 0. The van der Waals surface area contributed by atoms with Crippen LogP contribution in [0.4, 0.5) is 0 Å². The Morgan fingerprint density at radius 2 is 1.78 bits per heavy atom. The molecule has 2 aliphatic rings. The molecule has 2 nitrogen and oxygen atoms in total. The standard InChI is InChI=1S/C14H20N2.2ClH/c15-13-7-6-12-8-9-16(14(12)13)10-11-4-2-1-3-5-11;;/h1-5,12-14H,6-10,15H2;2*1H. The van der Waals surface area contributed by atoms with Gasteiger partial charge in [0, 0.05) is 18.6 Å². The molecule has 102 valence electrons. The van der Waals surface area contributed by atoms with E-state index >= 15 is 0 Å². The van der Waals surface area contributed by atoms with Crippen LogP contribution in [0.25, 0.3) is 0 Å². The second kappa shape index (κ2) is 6.76. The monoisotopic (exact) mass is 288 g/mol. The third-order valence-corrected chi connectivity index (χ3v) is 4.23. The van der Waals surface area contributed by atoms with Crippen molar-refractivity contribution < 1.29 is 0 Å². The summed E-state index contributed by atoms with van der Waals surface area (Å²) in [6.45, 7) is 2.31. The van der Waals surface area contributed by atoms with Gasteiger partial charge < -0.3 is 5.73 Å². The fourth-order valence-electron chi connectivity index (χ4n) is 3.46. The molecular weight excluding hydrogens is 267 g/mol. The highest BCUT2D eigenvalue weighted by molar-refractivity contribution is 5.85. The van der Waals surface area contributed by atoms with Crippen LogP contribution in [-0.4, -0.2) is 23.5 Å². The molecule has 1 heterocycles. The lowest BCUT2D eigenvalue weighted by atomic mass is 10.0. The van der Waals surface area contributed by atoms with Crippen LogP contribution < -0.4 is 5.73 Å². The van der Waals surface area contributed by atoms with E-state index in [2.05, 4.69) is 35.2 Å². The number of nitrogens with zero attached hydrogens (tertiary/aromatic N) is 1. The number of hydrogen-bond acceptors (Lipinski definition) is 2. The van der Waals surface area contributed by atoms with E-state index in [4.69, 9.17) is 5.73 Å². The Labute approximate surface area is 122 Å². The van der Waals surface area contributed by atoms with Gasteiger partial charge in [0.25, 0.3) is 0 Å². The quantitative estimate of drug-likeness (QED) is 0.907. The molecule has 1 saturated heterocycles. The second-order valence-corrected chi connectivity index (χ2v) is 5.24. The largest absolute Gasteiger partial charge is 0.326 e. The Balaban J connectivity index is 0.000000810. The molecule has 0 aromatic heterocycles. The molecule has 1 aliphatic carbocycles. The first-order valence-corrected chi connectivity index (χ1v) is 6.38. The lowest BCUT2D eigenvalue weighted by Crippen LogP contribution is -2.42. The molecule has 3 atom stereocenters. The van der Waals surface area contributed by atoms with Gasteiger partial charge in [-0.3, -0.25) is 4.90 Å². The summed E-state index contributed by atoms with van der Waals surface area (Å²) in [5.74, 6) is 0.874. The van der Waals surface area contributed by atoms with E-state index < -0.39 is 0 Å². The van der Waals surface area contributed by atoms with Crippen LogP contribution in [0.3, 0.4) is 0 Å². The summed E-state index contributed by atoms with van der Waals surface area (Å²) in [5, 5.41) is 0. The first kappa shape index (κ1) is 15.8. The molecule has 18 heavy (non-hydrogen) atoms. The molecule has 3 unspecified atom stereocenters. The van der Waals surface area contributed by atoms with E-state index in [0.717, 1.165) is 12.5 Å². The number of likely N-dealkylation sites (tertiary alicyclic amines) is 1. The molecule has 3 rings (SSSR count). The van der Waals surface area contributed by atoms with Crippen molar-refractivity contribution in [2.24, 2.45) is 11.7 Å². The molecule has 2 N–H and O–H groups in total. The summed E-state index contributed by atoms with van der Waals surface area (Å²) in [6.07, 6.45) is 3.92. The molecule has 1 saturated carbocycles. The fraction of sp³-hybridized carbons (Fsp3) is 0.571. The van der Waals surface area contributed by atoms with Crippen LogP contribution in [0.1, 0.15) is 24.8 Å². The van der Waals surface area contributed by atoms with Gasteiger partial charge in [0.15, 0.2) is 0 Å². The number of halogens is 2. The molecule has 0 spiro atoms. The molecule has 1 aromatic carbocycles. The minimum atomic E-state index is 0. The van der Waals surface area contributed by atoms with Crippen molar-refractivity contribution in [2.45, 2.75) is 37.9 Å². The molecule has 4 heteroatoms. The molecular formula is C14H22Cl2N2. The summed E-state index contributed by atoms with van der Waals surface area (Å²) in [5.41, 5.74) is 7.64. The molecule has 0 bridgehead atoms. The van der Waals surface area contributed by atoms with Crippen LogP contribution in [0.15, 0.2) is 30.3 Å². The van der Waals surface area contributed by atoms with Gasteiger partial charge in [0.05, 0.1) is 0 Å². The Morgan fingerprint density at radius 3 is 2.50 bits per heavy atom. The summed E-state index contributed by atoms with van der Waals surface area (Å²) in [6, 6.07) is 11.8. The lowest BCUT2D eigenvalue weighted by molar-refractivity contribution is 0.216. The summed E-state index contributed by atoms with van der Waals surface area (Å²) in [7, 11) is 0. The van der Waals surface area contributed by atoms with E-state index in [-0.39, 0.29) is 24.8 Å². The molecule has 2 fully saturated rings. The normalized spacial score (nSPS) is 30.4. The zero-order chi connectivity index (χ0) is 11.0. The van der Waals surface area contributed by atoms with Crippen LogP contribution in [0, 0.1) is 5.92 Å². The number of rotatable bonds is 2. The van der Waals surface area contributed by atoms with Gasteiger partial charge in [-0.2, -0.15) is 0 Å². The van der Waals surface area contributed by atoms with Crippen molar-refractivity contribution in [1.29, 1.82) is 0 Å². The first-order valence-electron chi connectivity index (χ1n) is 6.38. The number of nitrogens with two attached hydrogens (primary N) is 1. The SMILES string of the molecule is Cl.Cl.NC1CCC2CCN(Cc3ccccc3)C12. The second-order valence-electron chi connectivity index (χ2n) is 5.24. The van der Waals surface area contributed by atoms with Crippen molar-refractivity contribution in [1.82, 2.24) is 4.90 Å². The molecule has 1 aliphatic heterocycles. The highest BCUT2D eigenvalue weighted by Crippen LogP contribution is 2.37. The first-order chi connectivity index (χ1) is 7.84. The predicted molar refractivity (Wildman–Crippen MR) is 80.5 cm³/mol. The average molecular weight is 289 g/mol. The number of benzene rings is 1. The summed E-state index contributed by atoms with van der Waals surface area (Å²) >= 11 is 0. The fourth-order valence-corrected chi connectivity index (χ4v) is 3.46. The van der Waals surface area contributed by atoms with E-state index in [0.29, 0.717) is 12.1 Å². The van der Waals surface area contributed by atoms with E-state index in [9.17, 15) is 0 Å². The van der Waals surface area contributed by atoms with E-state index in [1.807, 2.05) is 0 Å². The van der Waals surface area contributed by atoms with Gasteiger partial charge in [0.2, 0.25) is 0 Å². The van der Waals surface area contributed by atoms with Crippen molar-refractivity contribution in [3.63, 3.8) is 0 Å². The summed E-state index contributed by atoms with van der Waals surface area (Å²) < 4.78 is 0. The van der Waals surface area contributed by atoms with Crippen LogP contribution in [0.2, 0.25) is 0 Å². The van der Waals surface area contributed by atoms with Gasteiger partial charge in [-0.05, 0) is 37.3 Å². The van der Waals surface area contributed by atoms with Gasteiger partial charge in [-0.15, -0.1) is 24.8 Å². The maximum absolute atomic E-state index is 6.22. The molecule has 1 aromatic rings. The molecule has 0 radical (unpaired) electrons. The van der Waals surface area contributed by atoms with Gasteiger partial charge in [-0.25, -0.2) is 0 Å². The van der Waals surface area contributed by atoms with Gasteiger partial charge >= 0.3 is 0 Å². The van der Waals surface area contributed by atoms with E-state index in [1.54, 1.807) is 0 Å². The smallest absolute Gasteiger partial charge is 0.0279 e. The van der Waals surface area contributed by atoms with E-state index in [1.165, 1.54) is 31.4 Å². The third-order valence-electron chi connectivity index (χ3n) is 4.23. The highest BCUT2D eigenvalue weighted by atomic mass is 35.5. The molecule has 0 amide bonds. The Bertz CT molecular complexity index is 358. The Kier molecular flexibility index (Phi) is 5.93.